The Balaban J connectivity index is 0.00000310. The van der Waals surface area contributed by atoms with Crippen molar-refractivity contribution in [3.8, 4) is 0 Å². The SMILES string of the molecule is C.C.C.C.C.C.CCC(CC(CC(C)C(=O)OC1(C)CC(C)(C)OC1=O)C(=O)OC12CC3CC(O)(CC(O)(C3)C1)C2)C(=O)OC12CC3CC(C1)CC(C(=O)OC(C)(C)C)(C3)C2. The van der Waals surface area contributed by atoms with Crippen LogP contribution in [0, 0.1) is 40.9 Å². The second-order valence-electron chi connectivity index (χ2n) is 21.6. The Kier molecular flexibility index (Phi) is 17.0. The number of hydrogen-bond acceptors (Lipinski definition) is 12. The molecule has 0 radical (unpaired) electrons. The van der Waals surface area contributed by atoms with Crippen LogP contribution in [0.3, 0.4) is 0 Å². The van der Waals surface area contributed by atoms with E-state index in [9.17, 15) is 34.2 Å². The van der Waals surface area contributed by atoms with E-state index < -0.39 is 86.3 Å². The van der Waals surface area contributed by atoms with Gasteiger partial charge in [0.05, 0.1) is 34.4 Å². The van der Waals surface area contributed by atoms with E-state index in [1.54, 1.807) is 20.8 Å². The van der Waals surface area contributed by atoms with Crippen LogP contribution in [0.5, 0.6) is 0 Å². The van der Waals surface area contributed by atoms with Crippen LogP contribution in [0.2, 0.25) is 0 Å². The molecular formula is C49H88O12. The van der Waals surface area contributed by atoms with Crippen molar-refractivity contribution in [3.63, 3.8) is 0 Å². The van der Waals surface area contributed by atoms with E-state index in [1.165, 1.54) is 6.92 Å². The van der Waals surface area contributed by atoms with Crippen molar-refractivity contribution in [1.82, 2.24) is 0 Å². The van der Waals surface area contributed by atoms with Crippen molar-refractivity contribution in [3.05, 3.63) is 0 Å². The summed E-state index contributed by atoms with van der Waals surface area (Å²) in [5.74, 6) is -4.48. The highest BCUT2D eigenvalue weighted by atomic mass is 16.6. The molecule has 0 aromatic carbocycles. The highest BCUT2D eigenvalue weighted by Crippen LogP contribution is 2.64. The van der Waals surface area contributed by atoms with Crippen LogP contribution in [-0.2, 0) is 47.7 Å². The molecule has 8 bridgehead atoms. The molecule has 2 N–H and O–H groups in total. The van der Waals surface area contributed by atoms with Crippen molar-refractivity contribution < 1.29 is 57.9 Å². The fraction of sp³-hybridized carbons (Fsp3) is 0.898. The van der Waals surface area contributed by atoms with Crippen molar-refractivity contribution in [2.45, 2.75) is 242 Å². The number of aliphatic hydroxyl groups is 2. The van der Waals surface area contributed by atoms with E-state index in [1.807, 2.05) is 27.7 Å². The first kappa shape index (κ1) is 56.3. The molecule has 12 heteroatoms. The third kappa shape index (κ3) is 11.1. The lowest BCUT2D eigenvalue weighted by atomic mass is 9.48. The quantitative estimate of drug-likeness (QED) is 0.141. The molecule has 0 spiro atoms. The summed E-state index contributed by atoms with van der Waals surface area (Å²) < 4.78 is 30.1. The smallest absolute Gasteiger partial charge is 0.351 e. The number of esters is 5. The molecule has 0 aromatic heterocycles. The standard InChI is InChI=1S/C43H64O12.6CH4/c1-9-29(32(45)52-42-17-26-11-27(18-42)14-39(13-26,21-42)35(48)54-36(3,4)5)12-30(10-25(2)31(44)51-38(8)20-37(6,7)55-34(38)47)33(46)53-43-19-28-15-40(49,23-43)22-41(50,16-28)24-43;;;;;;/h25-30,49-50H,9-24H2,1-8H3;6*1H4. The number of cyclic esters (lactones) is 1. The molecule has 0 amide bonds. The van der Waals surface area contributed by atoms with Crippen molar-refractivity contribution in [2.75, 3.05) is 0 Å². The molecule has 1 heterocycles. The second kappa shape index (κ2) is 18.4. The third-order valence-electron chi connectivity index (χ3n) is 14.1. The van der Waals surface area contributed by atoms with E-state index in [-0.39, 0.29) is 107 Å². The first-order chi connectivity index (χ1) is 25.3. The maximum absolute atomic E-state index is 14.4. The Morgan fingerprint density at radius 2 is 1.18 bits per heavy atom. The Hall–Kier alpha value is -2.73. The van der Waals surface area contributed by atoms with Gasteiger partial charge in [0.25, 0.3) is 0 Å². The van der Waals surface area contributed by atoms with Gasteiger partial charge in [0.2, 0.25) is 5.60 Å². The van der Waals surface area contributed by atoms with E-state index in [2.05, 4.69) is 0 Å². The lowest BCUT2D eigenvalue weighted by molar-refractivity contribution is -0.263. The van der Waals surface area contributed by atoms with Gasteiger partial charge in [-0.25, -0.2) is 4.79 Å². The van der Waals surface area contributed by atoms with Gasteiger partial charge in [-0.1, -0.05) is 58.4 Å². The Morgan fingerprint density at radius 1 is 0.672 bits per heavy atom. The first-order valence-corrected chi connectivity index (χ1v) is 20.9. The molecule has 8 atom stereocenters. The highest BCUT2D eigenvalue weighted by Gasteiger charge is 2.66. The average molecular weight is 869 g/mol. The zero-order chi connectivity index (χ0) is 40.2. The Bertz CT molecular complexity index is 1580. The summed E-state index contributed by atoms with van der Waals surface area (Å²) in [6.07, 6.45) is 7.23. The average Bonchev–Trinajstić information content (AvgIpc) is 3.19. The largest absolute Gasteiger partial charge is 0.460 e. The van der Waals surface area contributed by atoms with Crippen molar-refractivity contribution in [2.24, 2.45) is 40.9 Å². The number of ether oxygens (including phenoxy) is 5. The summed E-state index contributed by atoms with van der Waals surface area (Å²) in [5, 5.41) is 22.8. The zero-order valence-corrected chi connectivity index (χ0v) is 34.3. The minimum Gasteiger partial charge on any atom is -0.460 e. The van der Waals surface area contributed by atoms with Gasteiger partial charge in [0, 0.05) is 32.1 Å². The van der Waals surface area contributed by atoms with Crippen LogP contribution in [0.1, 0.15) is 203 Å². The maximum atomic E-state index is 14.4. The maximum Gasteiger partial charge on any atom is 0.351 e. The second-order valence-corrected chi connectivity index (χ2v) is 21.6. The molecule has 8 saturated carbocycles. The molecule has 1 aliphatic heterocycles. The molecular weight excluding hydrogens is 781 g/mol. The molecule has 9 aliphatic rings. The predicted octanol–water partition coefficient (Wildman–Crippen LogP) is 9.85. The lowest BCUT2D eigenvalue weighted by Crippen LogP contribution is -2.67. The Morgan fingerprint density at radius 3 is 1.66 bits per heavy atom. The number of carbonyl (C=O) groups is 5. The molecule has 0 aromatic rings. The van der Waals surface area contributed by atoms with Crippen LogP contribution < -0.4 is 0 Å². The summed E-state index contributed by atoms with van der Waals surface area (Å²) in [7, 11) is 0. The predicted molar refractivity (Wildman–Crippen MR) is 237 cm³/mol. The Labute approximate surface area is 369 Å². The summed E-state index contributed by atoms with van der Waals surface area (Å²) in [5.41, 5.74) is -7.68. The van der Waals surface area contributed by atoms with E-state index in [0.29, 0.717) is 44.9 Å². The molecule has 61 heavy (non-hydrogen) atoms. The zero-order valence-electron chi connectivity index (χ0n) is 34.3. The summed E-state index contributed by atoms with van der Waals surface area (Å²) >= 11 is 0. The first-order valence-electron chi connectivity index (χ1n) is 20.9. The van der Waals surface area contributed by atoms with Gasteiger partial charge in [-0.05, 0) is 130 Å². The molecule has 8 unspecified atom stereocenters. The molecule has 8 aliphatic carbocycles. The van der Waals surface area contributed by atoms with Gasteiger partial charge in [-0.3, -0.25) is 19.2 Å². The molecule has 9 fully saturated rings. The number of carbonyl (C=O) groups excluding carboxylic acids is 5. The number of hydrogen-bond donors (Lipinski definition) is 2. The van der Waals surface area contributed by atoms with Gasteiger partial charge in [0.1, 0.15) is 22.4 Å². The normalized spacial score (nSPS) is 38.1. The highest BCUT2D eigenvalue weighted by molar-refractivity contribution is 5.86. The van der Waals surface area contributed by atoms with Crippen molar-refractivity contribution >= 4 is 29.8 Å². The van der Waals surface area contributed by atoms with Crippen LogP contribution in [0.25, 0.3) is 0 Å². The monoisotopic (exact) mass is 869 g/mol. The summed E-state index contributed by atoms with van der Waals surface area (Å²) in [4.78, 5) is 68.8. The van der Waals surface area contributed by atoms with Crippen LogP contribution >= 0.6 is 0 Å². The molecule has 356 valence electrons. The topological polar surface area (TPSA) is 172 Å². The van der Waals surface area contributed by atoms with Crippen LogP contribution in [-0.4, -0.2) is 79.3 Å². The van der Waals surface area contributed by atoms with E-state index in [0.717, 1.165) is 19.3 Å². The van der Waals surface area contributed by atoms with E-state index >= 15 is 0 Å². The molecule has 9 rings (SSSR count). The van der Waals surface area contributed by atoms with Gasteiger partial charge in [0.15, 0.2) is 0 Å². The minimum atomic E-state index is -1.47. The molecule has 12 nitrogen and oxygen atoms in total. The third-order valence-corrected chi connectivity index (χ3v) is 14.1. The minimum absolute atomic E-state index is 0. The fourth-order valence-electron chi connectivity index (χ4n) is 13.1. The van der Waals surface area contributed by atoms with Crippen LogP contribution in [0.4, 0.5) is 0 Å². The lowest BCUT2D eigenvalue weighted by Gasteiger charge is -2.62. The van der Waals surface area contributed by atoms with Gasteiger partial charge in [-0.15, -0.1) is 0 Å². The molecule has 1 saturated heterocycles. The van der Waals surface area contributed by atoms with E-state index in [4.69, 9.17) is 23.7 Å². The van der Waals surface area contributed by atoms with Gasteiger partial charge < -0.3 is 33.9 Å². The van der Waals surface area contributed by atoms with Crippen molar-refractivity contribution in [1.29, 1.82) is 0 Å². The summed E-state index contributed by atoms with van der Waals surface area (Å²) in [6.45, 7) is 14.1. The summed E-state index contributed by atoms with van der Waals surface area (Å²) in [6, 6.07) is 0. The fourth-order valence-corrected chi connectivity index (χ4v) is 13.1. The van der Waals surface area contributed by atoms with Gasteiger partial charge in [-0.2, -0.15) is 0 Å². The number of rotatable bonds is 12. The van der Waals surface area contributed by atoms with Crippen LogP contribution in [0.15, 0.2) is 0 Å². The van der Waals surface area contributed by atoms with Gasteiger partial charge >= 0.3 is 29.8 Å².